The molecule has 0 radical (unpaired) electrons. The summed E-state index contributed by atoms with van der Waals surface area (Å²) < 4.78 is 40.2. The van der Waals surface area contributed by atoms with Crippen molar-refractivity contribution < 1.29 is 18.3 Å². The van der Waals surface area contributed by atoms with Gasteiger partial charge in [-0.05, 0) is 30.6 Å². The molecule has 0 bridgehead atoms. The van der Waals surface area contributed by atoms with Gasteiger partial charge >= 0.3 is 0 Å². The van der Waals surface area contributed by atoms with Crippen LogP contribution in [0, 0.1) is 35.2 Å². The summed E-state index contributed by atoms with van der Waals surface area (Å²) in [6.45, 7) is 4.23. The molecule has 1 N–H and O–H groups in total. The van der Waals surface area contributed by atoms with Gasteiger partial charge in [0.15, 0.2) is 0 Å². The van der Waals surface area contributed by atoms with Gasteiger partial charge in [0.1, 0.15) is 17.5 Å². The molecular formula is C15H19F3O. The van der Waals surface area contributed by atoms with Gasteiger partial charge < -0.3 is 5.11 Å². The molecule has 0 amide bonds. The second kappa shape index (κ2) is 5.53. The van der Waals surface area contributed by atoms with Crippen molar-refractivity contribution in [2.24, 2.45) is 17.8 Å². The SMILES string of the molecule is CC1CCC(C(O)c2c(F)cc(F)cc2F)CC1C. The molecule has 1 fully saturated rings. The summed E-state index contributed by atoms with van der Waals surface area (Å²) in [5.41, 5.74) is -0.395. The Balaban J connectivity index is 2.23. The standard InChI is InChI=1S/C15H19F3O/c1-8-3-4-10(5-9(8)2)15(19)14-12(17)6-11(16)7-13(14)18/h6-10,15,19H,3-5H2,1-2H3. The van der Waals surface area contributed by atoms with Crippen LogP contribution in [0.4, 0.5) is 13.2 Å². The van der Waals surface area contributed by atoms with Crippen molar-refractivity contribution >= 4 is 0 Å². The topological polar surface area (TPSA) is 20.2 Å². The van der Waals surface area contributed by atoms with E-state index >= 15 is 0 Å². The van der Waals surface area contributed by atoms with Crippen LogP contribution in [0.5, 0.6) is 0 Å². The fourth-order valence-corrected chi connectivity index (χ4v) is 2.95. The molecule has 1 aliphatic rings. The highest BCUT2D eigenvalue weighted by Gasteiger charge is 2.32. The first-order chi connectivity index (χ1) is 8.90. The van der Waals surface area contributed by atoms with Crippen LogP contribution in [0.15, 0.2) is 12.1 Å². The van der Waals surface area contributed by atoms with Crippen LogP contribution in [-0.4, -0.2) is 5.11 Å². The normalized spacial score (nSPS) is 29.3. The maximum absolute atomic E-state index is 13.7. The quantitative estimate of drug-likeness (QED) is 0.855. The van der Waals surface area contributed by atoms with Crippen LogP contribution in [-0.2, 0) is 0 Å². The van der Waals surface area contributed by atoms with Gasteiger partial charge in [-0.3, -0.25) is 0 Å². The first-order valence-corrected chi connectivity index (χ1v) is 6.72. The average Bonchev–Trinajstić information content (AvgIpc) is 2.31. The molecule has 1 aromatic rings. The Hall–Kier alpha value is -1.03. The first kappa shape index (κ1) is 14.4. The zero-order chi connectivity index (χ0) is 14.2. The number of hydrogen-bond donors (Lipinski definition) is 1. The molecule has 106 valence electrons. The summed E-state index contributed by atoms with van der Waals surface area (Å²) in [6, 6.07) is 1.24. The minimum absolute atomic E-state index is 0.166. The van der Waals surface area contributed by atoms with Crippen molar-refractivity contribution in [3.05, 3.63) is 35.1 Å². The maximum atomic E-state index is 13.7. The third kappa shape index (κ3) is 2.94. The average molecular weight is 272 g/mol. The van der Waals surface area contributed by atoms with Gasteiger partial charge in [-0.25, -0.2) is 13.2 Å². The van der Waals surface area contributed by atoms with Crippen LogP contribution >= 0.6 is 0 Å². The summed E-state index contributed by atoms with van der Waals surface area (Å²) in [5.74, 6) is -2.16. The highest BCUT2D eigenvalue weighted by Crippen LogP contribution is 2.41. The Morgan fingerprint density at radius 3 is 2.16 bits per heavy atom. The summed E-state index contributed by atoms with van der Waals surface area (Å²) in [7, 11) is 0. The number of aliphatic hydroxyl groups is 1. The molecule has 4 unspecified atom stereocenters. The van der Waals surface area contributed by atoms with Crippen molar-refractivity contribution in [3.8, 4) is 0 Å². The van der Waals surface area contributed by atoms with E-state index in [1.54, 1.807) is 0 Å². The van der Waals surface area contributed by atoms with Gasteiger partial charge in [-0.2, -0.15) is 0 Å². The van der Waals surface area contributed by atoms with Crippen LogP contribution in [0.3, 0.4) is 0 Å². The smallest absolute Gasteiger partial charge is 0.134 e. The third-order valence-electron chi connectivity index (χ3n) is 4.42. The second-order valence-corrected chi connectivity index (χ2v) is 5.76. The molecule has 1 saturated carbocycles. The molecule has 2 rings (SSSR count). The molecule has 0 saturated heterocycles. The molecule has 1 nitrogen and oxygen atoms in total. The van der Waals surface area contributed by atoms with Gasteiger partial charge in [0, 0.05) is 12.1 Å². The third-order valence-corrected chi connectivity index (χ3v) is 4.42. The Kier molecular flexibility index (Phi) is 4.19. The van der Waals surface area contributed by atoms with E-state index in [1.807, 2.05) is 0 Å². The molecule has 1 aliphatic carbocycles. The predicted octanol–water partition coefficient (Wildman–Crippen LogP) is 4.21. The van der Waals surface area contributed by atoms with E-state index in [9.17, 15) is 18.3 Å². The van der Waals surface area contributed by atoms with E-state index in [1.165, 1.54) is 0 Å². The molecule has 1 aromatic carbocycles. The highest BCUT2D eigenvalue weighted by atomic mass is 19.1. The van der Waals surface area contributed by atoms with E-state index in [4.69, 9.17) is 0 Å². The van der Waals surface area contributed by atoms with Gasteiger partial charge in [-0.1, -0.05) is 20.3 Å². The second-order valence-electron chi connectivity index (χ2n) is 5.76. The molecule has 0 spiro atoms. The van der Waals surface area contributed by atoms with Crippen molar-refractivity contribution in [3.63, 3.8) is 0 Å². The van der Waals surface area contributed by atoms with Crippen molar-refractivity contribution in [2.75, 3.05) is 0 Å². The zero-order valence-corrected chi connectivity index (χ0v) is 11.2. The van der Waals surface area contributed by atoms with E-state index in [2.05, 4.69) is 13.8 Å². The zero-order valence-electron chi connectivity index (χ0n) is 11.2. The summed E-state index contributed by atoms with van der Waals surface area (Å²) in [5, 5.41) is 10.2. The lowest BCUT2D eigenvalue weighted by atomic mass is 9.73. The Bertz CT molecular complexity index is 438. The molecule has 0 aromatic heterocycles. The minimum Gasteiger partial charge on any atom is -0.388 e. The Morgan fingerprint density at radius 2 is 1.63 bits per heavy atom. The number of hydrogen-bond acceptors (Lipinski definition) is 1. The molecule has 19 heavy (non-hydrogen) atoms. The number of halogens is 3. The van der Waals surface area contributed by atoms with Crippen LogP contribution in [0.1, 0.15) is 44.8 Å². The van der Waals surface area contributed by atoms with Gasteiger partial charge in [0.05, 0.1) is 11.7 Å². The molecule has 0 aliphatic heterocycles. The molecular weight excluding hydrogens is 253 g/mol. The van der Waals surface area contributed by atoms with Gasteiger partial charge in [0.2, 0.25) is 0 Å². The first-order valence-electron chi connectivity index (χ1n) is 6.72. The van der Waals surface area contributed by atoms with E-state index in [0.717, 1.165) is 19.3 Å². The van der Waals surface area contributed by atoms with E-state index < -0.39 is 29.1 Å². The lowest BCUT2D eigenvalue weighted by molar-refractivity contribution is 0.0508. The van der Waals surface area contributed by atoms with Crippen LogP contribution in [0.2, 0.25) is 0 Å². The van der Waals surface area contributed by atoms with Gasteiger partial charge in [0.25, 0.3) is 0 Å². The molecule has 0 heterocycles. The van der Waals surface area contributed by atoms with Crippen molar-refractivity contribution in [1.82, 2.24) is 0 Å². The highest BCUT2D eigenvalue weighted by molar-refractivity contribution is 5.23. The van der Waals surface area contributed by atoms with Crippen molar-refractivity contribution in [1.29, 1.82) is 0 Å². The van der Waals surface area contributed by atoms with E-state index in [-0.39, 0.29) is 5.92 Å². The fraction of sp³-hybridized carbons (Fsp3) is 0.600. The Labute approximate surface area is 111 Å². The van der Waals surface area contributed by atoms with Gasteiger partial charge in [-0.15, -0.1) is 0 Å². The summed E-state index contributed by atoms with van der Waals surface area (Å²) >= 11 is 0. The summed E-state index contributed by atoms with van der Waals surface area (Å²) in [4.78, 5) is 0. The number of rotatable bonds is 2. The lowest BCUT2D eigenvalue weighted by Gasteiger charge is -2.34. The molecule has 4 heteroatoms. The lowest BCUT2D eigenvalue weighted by Crippen LogP contribution is -2.26. The number of benzene rings is 1. The monoisotopic (exact) mass is 272 g/mol. The largest absolute Gasteiger partial charge is 0.388 e. The van der Waals surface area contributed by atoms with Crippen LogP contribution < -0.4 is 0 Å². The maximum Gasteiger partial charge on any atom is 0.134 e. The van der Waals surface area contributed by atoms with E-state index in [0.29, 0.717) is 24.0 Å². The molecule has 4 atom stereocenters. The summed E-state index contributed by atoms with van der Waals surface area (Å²) in [6.07, 6.45) is 1.21. The van der Waals surface area contributed by atoms with Crippen LogP contribution in [0.25, 0.3) is 0 Å². The predicted molar refractivity (Wildman–Crippen MR) is 66.9 cm³/mol. The Morgan fingerprint density at radius 1 is 1.05 bits per heavy atom. The fourth-order valence-electron chi connectivity index (χ4n) is 2.95. The van der Waals surface area contributed by atoms with Crippen molar-refractivity contribution in [2.45, 2.75) is 39.2 Å². The minimum atomic E-state index is -1.20. The number of aliphatic hydroxyl groups excluding tert-OH is 1.